The molecule has 27 heavy (non-hydrogen) atoms. The first-order chi connectivity index (χ1) is 13.2. The molecule has 0 bridgehead atoms. The van der Waals surface area contributed by atoms with E-state index in [1.807, 2.05) is 30.3 Å². The molecule has 0 aliphatic heterocycles. The second-order valence-corrected chi connectivity index (χ2v) is 7.34. The van der Waals surface area contributed by atoms with Crippen LogP contribution in [0, 0.1) is 5.92 Å². The molecule has 1 unspecified atom stereocenters. The Kier molecular flexibility index (Phi) is 6.27. The molecule has 3 N–H and O–H groups in total. The molecule has 1 aromatic carbocycles. The largest absolute Gasteiger partial charge is 0.488 e. The van der Waals surface area contributed by atoms with E-state index >= 15 is 0 Å². The number of nitrogens with two attached hydrogens (primary N) is 1. The third kappa shape index (κ3) is 4.76. The fourth-order valence-electron chi connectivity index (χ4n) is 3.87. The predicted molar refractivity (Wildman–Crippen MR) is 108 cm³/mol. The van der Waals surface area contributed by atoms with Gasteiger partial charge in [-0.25, -0.2) is 0 Å². The molecule has 1 heterocycles. The summed E-state index contributed by atoms with van der Waals surface area (Å²) in [6, 6.07) is 9.68. The van der Waals surface area contributed by atoms with Crippen LogP contribution in [-0.2, 0) is 4.79 Å². The second kappa shape index (κ2) is 8.84. The minimum Gasteiger partial charge on any atom is -0.488 e. The number of aromatic nitrogens is 1. The number of benzene rings is 1. The molecule has 6 nitrogen and oxygen atoms in total. The van der Waals surface area contributed by atoms with Crippen molar-refractivity contribution in [3.8, 4) is 5.75 Å². The standard InChI is InChI=1S/C21H28N4O2/c1-23-20(22)25-21(14-26,13-16-7-3-2-4-8-16)15-27-18-11-5-9-17-10-6-12-24-19(17)18/h5-6,9-12,14,16H,2-4,7-8,13,15H2,1H3,(H3,22,23,25). The van der Waals surface area contributed by atoms with Gasteiger partial charge in [0.15, 0.2) is 5.96 Å². The van der Waals surface area contributed by atoms with Crippen LogP contribution in [0.25, 0.3) is 10.9 Å². The Balaban J connectivity index is 1.82. The highest BCUT2D eigenvalue weighted by Gasteiger charge is 2.35. The number of guanidine groups is 1. The Labute approximate surface area is 160 Å². The van der Waals surface area contributed by atoms with Gasteiger partial charge in [0.05, 0.1) is 0 Å². The zero-order valence-electron chi connectivity index (χ0n) is 15.9. The lowest BCUT2D eigenvalue weighted by Crippen LogP contribution is -2.57. The molecule has 144 valence electrons. The molecule has 1 aliphatic rings. The van der Waals surface area contributed by atoms with E-state index in [2.05, 4.69) is 15.3 Å². The maximum atomic E-state index is 12.2. The van der Waals surface area contributed by atoms with Gasteiger partial charge >= 0.3 is 0 Å². The smallest absolute Gasteiger partial charge is 0.189 e. The molecular weight excluding hydrogens is 340 g/mol. The minimum atomic E-state index is -0.900. The van der Waals surface area contributed by atoms with Crippen molar-refractivity contribution < 1.29 is 9.53 Å². The summed E-state index contributed by atoms with van der Waals surface area (Å²) in [6.45, 7) is 0.179. The summed E-state index contributed by atoms with van der Waals surface area (Å²) in [5.74, 6) is 1.39. The number of aldehydes is 1. The van der Waals surface area contributed by atoms with Crippen LogP contribution in [0.1, 0.15) is 38.5 Å². The number of nitrogens with zero attached hydrogens (tertiary/aromatic N) is 2. The first kappa shape index (κ1) is 19.1. The maximum absolute atomic E-state index is 12.2. The maximum Gasteiger partial charge on any atom is 0.189 e. The Hall–Kier alpha value is -2.63. The number of aliphatic imine (C=N–C) groups is 1. The summed E-state index contributed by atoms with van der Waals surface area (Å²) < 4.78 is 6.10. The first-order valence-electron chi connectivity index (χ1n) is 9.59. The fourth-order valence-corrected chi connectivity index (χ4v) is 3.87. The van der Waals surface area contributed by atoms with Gasteiger partial charge in [0, 0.05) is 18.6 Å². The van der Waals surface area contributed by atoms with Crippen LogP contribution < -0.4 is 15.8 Å². The molecule has 3 rings (SSSR count). The fraction of sp³-hybridized carbons (Fsp3) is 0.476. The van der Waals surface area contributed by atoms with E-state index in [1.54, 1.807) is 13.2 Å². The van der Waals surface area contributed by atoms with Crippen molar-refractivity contribution in [3.05, 3.63) is 36.5 Å². The third-order valence-electron chi connectivity index (χ3n) is 5.30. The van der Waals surface area contributed by atoms with Crippen molar-refractivity contribution in [1.82, 2.24) is 10.3 Å². The van der Waals surface area contributed by atoms with E-state index in [0.29, 0.717) is 18.1 Å². The van der Waals surface area contributed by atoms with Gasteiger partial charge < -0.3 is 20.6 Å². The van der Waals surface area contributed by atoms with Crippen LogP contribution in [0.15, 0.2) is 41.5 Å². The molecule has 0 radical (unpaired) electrons. The van der Waals surface area contributed by atoms with Crippen LogP contribution in [0.2, 0.25) is 0 Å². The van der Waals surface area contributed by atoms with Gasteiger partial charge in [0.1, 0.15) is 29.7 Å². The SMILES string of the molecule is CN=C(N)NC(C=O)(COc1cccc2cccnc12)CC1CCCCC1. The lowest BCUT2D eigenvalue weighted by atomic mass is 9.80. The average molecular weight is 368 g/mol. The summed E-state index contributed by atoms with van der Waals surface area (Å²) in [4.78, 5) is 20.6. The van der Waals surface area contributed by atoms with E-state index in [9.17, 15) is 4.79 Å². The number of pyridine rings is 1. The van der Waals surface area contributed by atoms with E-state index in [4.69, 9.17) is 10.5 Å². The van der Waals surface area contributed by atoms with Crippen LogP contribution in [0.5, 0.6) is 5.75 Å². The van der Waals surface area contributed by atoms with Gasteiger partial charge in [0.25, 0.3) is 0 Å². The summed E-state index contributed by atoms with van der Waals surface area (Å²) in [5.41, 5.74) is 5.80. The van der Waals surface area contributed by atoms with Crippen molar-refractivity contribution in [3.63, 3.8) is 0 Å². The molecule has 6 heteroatoms. The normalized spacial score (nSPS) is 18.0. The summed E-state index contributed by atoms with van der Waals surface area (Å²) in [6.07, 6.45) is 9.32. The molecule has 2 aromatic rings. The Morgan fingerprint density at radius 1 is 1.33 bits per heavy atom. The highest BCUT2D eigenvalue weighted by atomic mass is 16.5. The predicted octanol–water partition coefficient (Wildman–Crippen LogP) is 3.06. The number of fused-ring (bicyclic) bond motifs is 1. The number of nitrogens with one attached hydrogen (secondary N) is 1. The van der Waals surface area contributed by atoms with Crippen molar-refractivity contribution >= 4 is 23.1 Å². The number of carbonyl (C=O) groups is 1. The van der Waals surface area contributed by atoms with Crippen LogP contribution in [-0.4, -0.2) is 36.4 Å². The topological polar surface area (TPSA) is 89.6 Å². The van der Waals surface area contributed by atoms with Crippen molar-refractivity contribution in [2.24, 2.45) is 16.6 Å². The van der Waals surface area contributed by atoms with Crippen LogP contribution >= 0.6 is 0 Å². The number of rotatable bonds is 7. The van der Waals surface area contributed by atoms with E-state index in [0.717, 1.165) is 30.0 Å². The van der Waals surface area contributed by atoms with Gasteiger partial charge in [-0.05, 0) is 24.5 Å². The third-order valence-corrected chi connectivity index (χ3v) is 5.30. The van der Waals surface area contributed by atoms with Crippen molar-refractivity contribution in [2.75, 3.05) is 13.7 Å². The van der Waals surface area contributed by atoms with Gasteiger partial charge in [-0.2, -0.15) is 0 Å². The molecular formula is C21H28N4O2. The molecule has 1 saturated carbocycles. The highest BCUT2D eigenvalue weighted by Crippen LogP contribution is 2.31. The number of hydrogen-bond donors (Lipinski definition) is 2. The molecule has 0 saturated heterocycles. The van der Waals surface area contributed by atoms with Gasteiger partial charge in [-0.15, -0.1) is 0 Å². The van der Waals surface area contributed by atoms with Gasteiger partial charge in [0.2, 0.25) is 0 Å². The Morgan fingerprint density at radius 2 is 2.11 bits per heavy atom. The second-order valence-electron chi connectivity index (χ2n) is 7.34. The highest BCUT2D eigenvalue weighted by molar-refractivity contribution is 5.85. The van der Waals surface area contributed by atoms with Gasteiger partial charge in [-0.1, -0.05) is 50.3 Å². The Morgan fingerprint density at radius 3 is 2.85 bits per heavy atom. The van der Waals surface area contributed by atoms with Crippen molar-refractivity contribution in [2.45, 2.75) is 44.1 Å². The molecule has 0 amide bonds. The minimum absolute atomic E-state index is 0.179. The molecule has 1 fully saturated rings. The number of carbonyl (C=O) groups excluding carboxylic acids is 1. The summed E-state index contributed by atoms with van der Waals surface area (Å²) in [5, 5.41) is 4.11. The zero-order chi connectivity index (χ0) is 19.1. The summed E-state index contributed by atoms with van der Waals surface area (Å²) >= 11 is 0. The molecule has 1 aliphatic carbocycles. The lowest BCUT2D eigenvalue weighted by molar-refractivity contribution is -0.114. The number of ether oxygens (including phenoxy) is 1. The van der Waals surface area contributed by atoms with Crippen LogP contribution in [0.4, 0.5) is 0 Å². The lowest BCUT2D eigenvalue weighted by Gasteiger charge is -2.34. The Bertz CT molecular complexity index is 796. The molecule has 1 aromatic heterocycles. The first-order valence-corrected chi connectivity index (χ1v) is 9.59. The summed E-state index contributed by atoms with van der Waals surface area (Å²) in [7, 11) is 1.61. The van der Waals surface area contributed by atoms with Crippen LogP contribution in [0.3, 0.4) is 0 Å². The van der Waals surface area contributed by atoms with Gasteiger partial charge in [-0.3, -0.25) is 9.98 Å². The monoisotopic (exact) mass is 368 g/mol. The number of para-hydroxylation sites is 1. The molecule has 1 atom stereocenters. The molecule has 0 spiro atoms. The van der Waals surface area contributed by atoms with E-state index in [1.165, 1.54) is 19.3 Å². The van der Waals surface area contributed by atoms with E-state index < -0.39 is 5.54 Å². The average Bonchev–Trinajstić information content (AvgIpc) is 2.72. The zero-order valence-corrected chi connectivity index (χ0v) is 15.9. The van der Waals surface area contributed by atoms with E-state index in [-0.39, 0.29) is 12.6 Å². The van der Waals surface area contributed by atoms with Crippen molar-refractivity contribution in [1.29, 1.82) is 0 Å². The number of hydrogen-bond acceptors (Lipinski definition) is 4. The quantitative estimate of drug-likeness (QED) is 0.445.